The second-order valence-electron chi connectivity index (χ2n) is 4.76. The van der Waals surface area contributed by atoms with Crippen molar-refractivity contribution in [1.82, 2.24) is 0 Å². The Balaban J connectivity index is 0. The van der Waals surface area contributed by atoms with Gasteiger partial charge in [0, 0.05) is 11.3 Å². The third-order valence-corrected chi connectivity index (χ3v) is 2.27. The van der Waals surface area contributed by atoms with Crippen LogP contribution in [0.1, 0.15) is 47.5 Å². The predicted molar refractivity (Wildman–Crippen MR) is 67.9 cm³/mol. The van der Waals surface area contributed by atoms with Crippen LogP contribution < -0.4 is 5.73 Å². The molecule has 2 N–H and O–H groups in total. The summed E-state index contributed by atoms with van der Waals surface area (Å²) in [5, 5.41) is 0. The highest BCUT2D eigenvalue weighted by Crippen LogP contribution is 2.26. The molecular weight excluding hydrogens is 202 g/mol. The van der Waals surface area contributed by atoms with Crippen molar-refractivity contribution >= 4 is 11.7 Å². The Labute approximate surface area is 99.1 Å². The lowest BCUT2D eigenvalue weighted by Gasteiger charge is -2.24. The topological polar surface area (TPSA) is 60.2 Å². The minimum atomic E-state index is -0.481. The summed E-state index contributed by atoms with van der Waals surface area (Å²) in [6, 6.07) is 0. The van der Waals surface area contributed by atoms with Crippen LogP contribution in [0.15, 0.2) is 12.7 Å². The van der Waals surface area contributed by atoms with Crippen LogP contribution >= 0.6 is 0 Å². The van der Waals surface area contributed by atoms with E-state index in [9.17, 15) is 9.59 Å². The van der Waals surface area contributed by atoms with Crippen molar-refractivity contribution in [3.05, 3.63) is 12.7 Å². The van der Waals surface area contributed by atoms with Crippen LogP contribution in [0, 0.1) is 11.3 Å². The summed E-state index contributed by atoms with van der Waals surface area (Å²) >= 11 is 0. The smallest absolute Gasteiger partial charge is 0.240 e. The second-order valence-corrected chi connectivity index (χ2v) is 4.76. The second kappa shape index (κ2) is 8.08. The Hall–Kier alpha value is -1.12. The monoisotopic (exact) mass is 227 g/mol. The van der Waals surface area contributed by atoms with Crippen LogP contribution in [0.5, 0.6) is 0 Å². The molecule has 0 spiro atoms. The highest BCUT2D eigenvalue weighted by Gasteiger charge is 2.27. The highest BCUT2D eigenvalue weighted by atomic mass is 16.1. The largest absolute Gasteiger partial charge is 0.366 e. The van der Waals surface area contributed by atoms with E-state index in [-0.39, 0.29) is 11.3 Å². The molecule has 16 heavy (non-hydrogen) atoms. The van der Waals surface area contributed by atoms with Crippen LogP contribution in [0.25, 0.3) is 0 Å². The van der Waals surface area contributed by atoms with E-state index >= 15 is 0 Å². The number of hydrogen-bond acceptors (Lipinski definition) is 2. The molecule has 0 heterocycles. The van der Waals surface area contributed by atoms with Gasteiger partial charge in [0.25, 0.3) is 0 Å². The van der Waals surface area contributed by atoms with Crippen LogP contribution in [-0.2, 0) is 9.59 Å². The van der Waals surface area contributed by atoms with Gasteiger partial charge in [0.2, 0.25) is 5.91 Å². The number of ketones is 1. The van der Waals surface area contributed by atoms with Gasteiger partial charge >= 0.3 is 0 Å². The van der Waals surface area contributed by atoms with Crippen molar-refractivity contribution < 1.29 is 9.59 Å². The Morgan fingerprint density at radius 2 is 1.75 bits per heavy atom. The summed E-state index contributed by atoms with van der Waals surface area (Å²) in [6.07, 6.45) is 3.15. The number of rotatable bonds is 5. The molecule has 0 saturated carbocycles. The SMILES string of the molecule is C=CC(N)=O.CCCC(C)(C)C(=O)C(C)C. The number of Topliss-reactive ketones (excluding diaryl/α,β-unsaturated/α-hetero) is 1. The van der Waals surface area contributed by atoms with Crippen LogP contribution in [0.2, 0.25) is 0 Å². The Kier molecular flexibility index (Phi) is 8.73. The number of carbonyl (C=O) groups excluding carboxylic acids is 2. The van der Waals surface area contributed by atoms with Crippen LogP contribution in [0.3, 0.4) is 0 Å². The van der Waals surface area contributed by atoms with E-state index in [1.54, 1.807) is 0 Å². The molecule has 3 heteroatoms. The van der Waals surface area contributed by atoms with Gasteiger partial charge in [0.05, 0.1) is 0 Å². The standard InChI is InChI=1S/C10H20O.C3H5NO/c1-6-7-10(4,5)9(11)8(2)3;1-2-3(4)5/h8H,6-7H2,1-5H3;2H,1H2,(H2,4,5). The zero-order valence-corrected chi connectivity index (χ0v) is 11.2. The molecule has 0 aliphatic heterocycles. The zero-order valence-electron chi connectivity index (χ0n) is 11.2. The predicted octanol–water partition coefficient (Wildman–Crippen LogP) is 2.70. The Bertz CT molecular complexity index is 242. The Morgan fingerprint density at radius 3 is 1.94 bits per heavy atom. The molecule has 0 saturated heterocycles. The molecule has 0 rings (SSSR count). The minimum absolute atomic E-state index is 0.108. The molecule has 0 aromatic heterocycles. The van der Waals surface area contributed by atoms with Gasteiger partial charge in [-0.2, -0.15) is 0 Å². The first kappa shape index (κ1) is 17.3. The Morgan fingerprint density at radius 1 is 1.38 bits per heavy atom. The molecule has 0 aliphatic carbocycles. The van der Waals surface area contributed by atoms with Gasteiger partial charge in [-0.15, -0.1) is 0 Å². The van der Waals surface area contributed by atoms with E-state index in [2.05, 4.69) is 19.2 Å². The summed E-state index contributed by atoms with van der Waals surface area (Å²) in [5.74, 6) is 0.0842. The van der Waals surface area contributed by atoms with E-state index in [1.165, 1.54) is 0 Å². The lowest BCUT2D eigenvalue weighted by atomic mass is 9.79. The molecule has 0 radical (unpaired) electrons. The molecule has 0 aromatic carbocycles. The van der Waals surface area contributed by atoms with Gasteiger partial charge in [-0.05, 0) is 12.5 Å². The molecular formula is C13H25NO2. The first-order valence-electron chi connectivity index (χ1n) is 5.65. The van der Waals surface area contributed by atoms with Gasteiger partial charge in [0.15, 0.2) is 0 Å². The molecule has 1 amide bonds. The molecule has 0 aliphatic rings. The molecule has 0 bridgehead atoms. The summed E-state index contributed by atoms with van der Waals surface area (Å²) in [4.78, 5) is 21.0. The number of primary amides is 1. The maximum Gasteiger partial charge on any atom is 0.240 e. The van der Waals surface area contributed by atoms with Crippen LogP contribution in [0.4, 0.5) is 0 Å². The lowest BCUT2D eigenvalue weighted by Crippen LogP contribution is -2.28. The molecule has 0 aromatic rings. The molecule has 0 atom stereocenters. The van der Waals surface area contributed by atoms with Crippen molar-refractivity contribution in [3.63, 3.8) is 0 Å². The van der Waals surface area contributed by atoms with E-state index in [0.717, 1.165) is 18.9 Å². The third kappa shape index (κ3) is 8.21. The third-order valence-electron chi connectivity index (χ3n) is 2.27. The molecule has 3 nitrogen and oxygen atoms in total. The van der Waals surface area contributed by atoms with E-state index in [0.29, 0.717) is 5.78 Å². The number of carbonyl (C=O) groups is 2. The van der Waals surface area contributed by atoms with Crippen molar-refractivity contribution in [2.24, 2.45) is 17.1 Å². The van der Waals surface area contributed by atoms with Crippen molar-refractivity contribution in [3.8, 4) is 0 Å². The fourth-order valence-corrected chi connectivity index (χ4v) is 1.53. The first-order valence-corrected chi connectivity index (χ1v) is 5.65. The number of hydrogen-bond donors (Lipinski definition) is 1. The number of nitrogens with two attached hydrogens (primary N) is 1. The van der Waals surface area contributed by atoms with E-state index in [1.807, 2.05) is 27.7 Å². The summed E-state index contributed by atoms with van der Waals surface area (Å²) < 4.78 is 0. The average Bonchev–Trinajstić information content (AvgIpc) is 2.17. The van der Waals surface area contributed by atoms with Gasteiger partial charge in [-0.3, -0.25) is 9.59 Å². The van der Waals surface area contributed by atoms with E-state index in [4.69, 9.17) is 0 Å². The van der Waals surface area contributed by atoms with Crippen LogP contribution in [-0.4, -0.2) is 11.7 Å². The first-order chi connectivity index (χ1) is 7.18. The fraction of sp³-hybridized carbons (Fsp3) is 0.692. The molecule has 94 valence electrons. The van der Waals surface area contributed by atoms with E-state index < -0.39 is 5.91 Å². The quantitative estimate of drug-likeness (QED) is 0.734. The number of amides is 1. The highest BCUT2D eigenvalue weighted by molar-refractivity contribution is 5.85. The van der Waals surface area contributed by atoms with Crippen molar-refractivity contribution in [2.45, 2.75) is 47.5 Å². The summed E-state index contributed by atoms with van der Waals surface area (Å²) in [6.45, 7) is 13.2. The van der Waals surface area contributed by atoms with Crippen molar-refractivity contribution in [1.29, 1.82) is 0 Å². The average molecular weight is 227 g/mol. The van der Waals surface area contributed by atoms with Gasteiger partial charge in [-0.25, -0.2) is 0 Å². The van der Waals surface area contributed by atoms with Gasteiger partial charge in [-0.1, -0.05) is 47.6 Å². The minimum Gasteiger partial charge on any atom is -0.366 e. The summed E-state index contributed by atoms with van der Waals surface area (Å²) in [5.41, 5.74) is 4.43. The zero-order chi connectivity index (χ0) is 13.4. The fourth-order valence-electron chi connectivity index (χ4n) is 1.53. The van der Waals surface area contributed by atoms with Gasteiger partial charge < -0.3 is 5.73 Å². The van der Waals surface area contributed by atoms with Gasteiger partial charge in [0.1, 0.15) is 5.78 Å². The maximum absolute atomic E-state index is 11.6. The summed E-state index contributed by atoms with van der Waals surface area (Å²) in [7, 11) is 0. The van der Waals surface area contributed by atoms with Crippen molar-refractivity contribution in [2.75, 3.05) is 0 Å². The maximum atomic E-state index is 11.6. The molecule has 0 fully saturated rings. The normalized spacial score (nSPS) is 10.4. The lowest BCUT2D eigenvalue weighted by molar-refractivity contribution is -0.130. The molecule has 0 unspecified atom stereocenters.